The van der Waals surface area contributed by atoms with E-state index < -0.39 is 27.8 Å². The number of thioether (sulfide) groups is 1. The fourth-order valence-corrected chi connectivity index (χ4v) is 11.8. The normalized spacial score (nSPS) is 26.4. The van der Waals surface area contributed by atoms with Crippen LogP contribution in [0.15, 0.2) is 81.4 Å². The Morgan fingerprint density at radius 2 is 1.68 bits per heavy atom. The molecule has 1 saturated heterocycles. The molecule has 1 aromatic heterocycles. The first-order valence-corrected chi connectivity index (χ1v) is 19.2. The number of anilines is 2. The third-order valence-electron chi connectivity index (χ3n) is 10.4. The van der Waals surface area contributed by atoms with E-state index in [9.17, 15) is 27.6 Å². The highest BCUT2D eigenvalue weighted by Crippen LogP contribution is 2.68. The van der Waals surface area contributed by atoms with Gasteiger partial charge in [0.05, 0.1) is 34.6 Å². The number of carbonyl (C=O) groups is 3. The number of sulfonamides is 1. The number of thiazole rings is 1. The van der Waals surface area contributed by atoms with E-state index in [2.05, 4.69) is 10.3 Å². The molecule has 2 saturated carbocycles. The van der Waals surface area contributed by atoms with Crippen molar-refractivity contribution in [1.29, 1.82) is 0 Å². The fraction of sp³-hybridized carbons (Fsp3) is 0.314. The second-order valence-corrected chi connectivity index (χ2v) is 16.9. The zero-order valence-corrected chi connectivity index (χ0v) is 29.3. The predicted molar refractivity (Wildman–Crippen MR) is 187 cm³/mol. The number of primary sulfonamides is 1. The van der Waals surface area contributed by atoms with Crippen molar-refractivity contribution in [2.75, 3.05) is 23.9 Å². The van der Waals surface area contributed by atoms with Crippen molar-refractivity contribution in [2.45, 2.75) is 34.4 Å². The number of benzene rings is 3. The summed E-state index contributed by atoms with van der Waals surface area (Å²) in [4.78, 5) is 58.4. The average molecular weight is 733 g/mol. The Bertz CT molecular complexity index is 2220. The topological polar surface area (TPSA) is 178 Å². The molecule has 2 aliphatic heterocycles. The van der Waals surface area contributed by atoms with Crippen LogP contribution in [0.4, 0.5) is 11.4 Å². The second kappa shape index (κ2) is 12.1. The van der Waals surface area contributed by atoms with Gasteiger partial charge in [0, 0.05) is 21.7 Å². The van der Waals surface area contributed by atoms with Crippen molar-refractivity contribution in [3.63, 3.8) is 0 Å². The first-order chi connectivity index (χ1) is 23.9. The number of aromatic amines is 1. The van der Waals surface area contributed by atoms with E-state index in [-0.39, 0.29) is 57.1 Å². The number of H-pyrrole nitrogens is 1. The first-order valence-electron chi connectivity index (χ1n) is 16.0. The summed E-state index contributed by atoms with van der Waals surface area (Å²) in [5, 5.41) is 8.63. The molecule has 8 rings (SSSR count). The molecule has 0 radical (unpaired) electrons. The van der Waals surface area contributed by atoms with E-state index >= 15 is 0 Å². The van der Waals surface area contributed by atoms with Crippen molar-refractivity contribution in [3.8, 4) is 11.5 Å². The van der Waals surface area contributed by atoms with Crippen LogP contribution < -0.4 is 29.7 Å². The lowest BCUT2D eigenvalue weighted by Gasteiger charge is -2.43. The Labute approximate surface area is 295 Å². The SMILES string of the molecule is COc1cc([C@H]2c3sc(=O)[nH]c3SC3C2[C@H]2C[C@@H]3C3C(=O)N(c4ccc(C)cc4)C(=O)C32)ccc1OCC(=O)Nc1ccc(S(N)(=O)=O)cc1. The Hall–Kier alpha value is -4.44. The summed E-state index contributed by atoms with van der Waals surface area (Å²) >= 11 is 2.79. The minimum absolute atomic E-state index is 0.00261. The maximum absolute atomic E-state index is 14.0. The van der Waals surface area contributed by atoms with Crippen molar-refractivity contribution >= 4 is 62.2 Å². The molecule has 15 heteroatoms. The fourth-order valence-electron chi connectivity index (χ4n) is 8.40. The van der Waals surface area contributed by atoms with E-state index in [1.54, 1.807) is 17.8 Å². The number of nitrogens with two attached hydrogens (primary N) is 1. The summed E-state index contributed by atoms with van der Waals surface area (Å²) < 4.78 is 34.6. The summed E-state index contributed by atoms with van der Waals surface area (Å²) in [5.41, 5.74) is 2.90. The number of aryl methyl sites for hydroxylation is 1. The van der Waals surface area contributed by atoms with Gasteiger partial charge in [-0.3, -0.25) is 24.1 Å². The lowest BCUT2D eigenvalue weighted by Crippen LogP contribution is -2.42. The summed E-state index contributed by atoms with van der Waals surface area (Å²) in [6.45, 7) is 1.62. The number of amides is 3. The standard InChI is InChI=1S/C35H32N4O8S3/c1-16-3-8-19(9-4-16)39-33(41)28-21-14-22(29(28)34(39)42)30-27(21)26(31-32(48-30)38-35(43)49-31)17-5-12-23(24(13-17)46-2)47-15-25(40)37-18-6-10-20(11-7-18)50(36,44)45/h3-13,21-22,26-30H,14-15H2,1-2H3,(H,37,40)(H,38,43)(H2,36,44,45)/t21-,22-,26-,27?,28?,29?,30?/m1/s1. The Morgan fingerprint density at radius 3 is 2.36 bits per heavy atom. The summed E-state index contributed by atoms with van der Waals surface area (Å²) in [6, 6.07) is 18.4. The number of hydrogen-bond acceptors (Lipinski definition) is 10. The van der Waals surface area contributed by atoms with Crippen LogP contribution in [-0.2, 0) is 24.4 Å². The maximum atomic E-state index is 14.0. The Kier molecular flexibility index (Phi) is 7.93. The van der Waals surface area contributed by atoms with Crippen molar-refractivity contribution < 1.29 is 32.3 Å². The molecule has 4 N–H and O–H groups in total. The van der Waals surface area contributed by atoms with Crippen LogP contribution in [0.3, 0.4) is 0 Å². The highest BCUT2D eigenvalue weighted by molar-refractivity contribution is 8.00. The molecule has 50 heavy (non-hydrogen) atoms. The lowest BCUT2D eigenvalue weighted by molar-refractivity contribution is -0.123. The van der Waals surface area contributed by atoms with Crippen LogP contribution in [0.5, 0.6) is 11.5 Å². The zero-order chi connectivity index (χ0) is 35.1. The van der Waals surface area contributed by atoms with E-state index in [1.165, 1.54) is 47.6 Å². The molecule has 7 atom stereocenters. The number of carbonyl (C=O) groups excluding carboxylic acids is 3. The van der Waals surface area contributed by atoms with Gasteiger partial charge in [-0.1, -0.05) is 35.1 Å². The van der Waals surface area contributed by atoms with Crippen LogP contribution in [0.1, 0.15) is 28.3 Å². The van der Waals surface area contributed by atoms with Gasteiger partial charge in [-0.2, -0.15) is 0 Å². The van der Waals surface area contributed by atoms with Crippen LogP contribution in [0.2, 0.25) is 0 Å². The number of imide groups is 1. The highest BCUT2D eigenvalue weighted by atomic mass is 32.2. The van der Waals surface area contributed by atoms with Gasteiger partial charge >= 0.3 is 4.87 Å². The zero-order valence-electron chi connectivity index (χ0n) is 26.8. The van der Waals surface area contributed by atoms with Gasteiger partial charge in [-0.15, -0.1) is 11.8 Å². The predicted octanol–water partition coefficient (Wildman–Crippen LogP) is 4.10. The van der Waals surface area contributed by atoms with Gasteiger partial charge in [0.25, 0.3) is 5.91 Å². The number of nitrogens with zero attached hydrogens (tertiary/aromatic N) is 1. The molecule has 3 fully saturated rings. The largest absolute Gasteiger partial charge is 0.493 e. The molecule has 3 aromatic carbocycles. The monoisotopic (exact) mass is 732 g/mol. The van der Waals surface area contributed by atoms with Gasteiger partial charge in [0.2, 0.25) is 21.8 Å². The number of rotatable bonds is 8. The highest BCUT2D eigenvalue weighted by Gasteiger charge is 2.69. The first kappa shape index (κ1) is 32.7. The number of nitrogens with one attached hydrogen (secondary N) is 2. The minimum atomic E-state index is -3.86. The van der Waals surface area contributed by atoms with Crippen molar-refractivity contribution in [3.05, 3.63) is 92.4 Å². The Morgan fingerprint density at radius 1 is 0.980 bits per heavy atom. The smallest absolute Gasteiger partial charge is 0.305 e. The molecule has 3 heterocycles. The maximum Gasteiger partial charge on any atom is 0.305 e. The van der Waals surface area contributed by atoms with Gasteiger partial charge < -0.3 is 19.8 Å². The molecular formula is C35H32N4O8S3. The minimum Gasteiger partial charge on any atom is -0.493 e. The molecule has 0 spiro atoms. The van der Waals surface area contributed by atoms with E-state index in [0.29, 0.717) is 22.9 Å². The molecule has 4 aliphatic rings. The quantitative estimate of drug-likeness (QED) is 0.225. The molecule has 2 bridgehead atoms. The molecule has 12 nitrogen and oxygen atoms in total. The Balaban J connectivity index is 1.06. The van der Waals surface area contributed by atoms with Crippen molar-refractivity contribution in [2.24, 2.45) is 34.7 Å². The van der Waals surface area contributed by atoms with Crippen LogP contribution in [0.25, 0.3) is 0 Å². The van der Waals surface area contributed by atoms with E-state index in [4.69, 9.17) is 14.6 Å². The number of ether oxygens (including phenoxy) is 2. The molecule has 3 amide bonds. The average Bonchev–Trinajstić information content (AvgIpc) is 3.83. The van der Waals surface area contributed by atoms with Gasteiger partial charge in [0.15, 0.2) is 18.1 Å². The number of aromatic nitrogens is 1. The molecule has 2 aliphatic carbocycles. The summed E-state index contributed by atoms with van der Waals surface area (Å²) in [5.74, 6) is -1.12. The molecule has 4 unspecified atom stereocenters. The molecule has 258 valence electrons. The number of hydrogen-bond donors (Lipinski definition) is 3. The molecule has 4 aromatic rings. The van der Waals surface area contributed by atoms with Crippen LogP contribution in [0, 0.1) is 36.5 Å². The van der Waals surface area contributed by atoms with E-state index in [1.807, 2.05) is 43.3 Å². The number of fused-ring (bicyclic) bond motifs is 9. The lowest BCUT2D eigenvalue weighted by atomic mass is 9.68. The summed E-state index contributed by atoms with van der Waals surface area (Å²) in [6.07, 6.45) is 0.769. The second-order valence-electron chi connectivity index (χ2n) is 13.1. The third-order valence-corrected chi connectivity index (χ3v) is 13.9. The van der Waals surface area contributed by atoms with E-state index in [0.717, 1.165) is 27.5 Å². The van der Waals surface area contributed by atoms with Crippen LogP contribution in [-0.4, -0.2) is 50.1 Å². The van der Waals surface area contributed by atoms with Crippen molar-refractivity contribution in [1.82, 2.24) is 4.98 Å². The van der Waals surface area contributed by atoms with Crippen LogP contribution >= 0.6 is 23.1 Å². The molecular weight excluding hydrogens is 701 g/mol. The van der Waals surface area contributed by atoms with Gasteiger partial charge in [-0.25, -0.2) is 13.6 Å². The number of methoxy groups -OCH3 is 1. The van der Waals surface area contributed by atoms with Gasteiger partial charge in [0.1, 0.15) is 0 Å². The third kappa shape index (κ3) is 5.34. The summed E-state index contributed by atoms with van der Waals surface area (Å²) in [7, 11) is -2.36. The van der Waals surface area contributed by atoms with Gasteiger partial charge in [-0.05, 0) is 85.2 Å².